The number of sulfone groups is 1. The van der Waals surface area contributed by atoms with Gasteiger partial charge in [-0.2, -0.15) is 5.10 Å². The third kappa shape index (κ3) is 2.87. The predicted octanol–water partition coefficient (Wildman–Crippen LogP) is 1.15. The molecule has 0 saturated heterocycles. The fraction of sp³-hybridized carbons (Fsp3) is 0.727. The van der Waals surface area contributed by atoms with E-state index in [0.29, 0.717) is 5.56 Å². The molecule has 0 aliphatic heterocycles. The second-order valence-electron chi connectivity index (χ2n) is 4.81. The van der Waals surface area contributed by atoms with Crippen molar-refractivity contribution < 1.29 is 13.5 Å². The number of aromatic nitrogens is 2. The van der Waals surface area contributed by atoms with E-state index in [1.54, 1.807) is 10.9 Å². The maximum Gasteiger partial charge on any atom is 0.155 e. The van der Waals surface area contributed by atoms with E-state index in [1.807, 2.05) is 6.92 Å². The highest BCUT2D eigenvalue weighted by Crippen LogP contribution is 2.31. The lowest BCUT2D eigenvalue weighted by atomic mass is 10.0. The summed E-state index contributed by atoms with van der Waals surface area (Å²) in [4.78, 5) is 0. The van der Waals surface area contributed by atoms with E-state index in [-0.39, 0.29) is 0 Å². The summed E-state index contributed by atoms with van der Waals surface area (Å²) in [5.41, 5.74) is 0.536. The molecule has 1 rings (SSSR count). The van der Waals surface area contributed by atoms with Gasteiger partial charge in [0, 0.05) is 24.6 Å². The van der Waals surface area contributed by atoms with Crippen molar-refractivity contribution in [2.24, 2.45) is 0 Å². The van der Waals surface area contributed by atoms with Gasteiger partial charge in [0.05, 0.1) is 10.9 Å². The lowest BCUT2D eigenvalue weighted by molar-refractivity contribution is 0.139. The van der Waals surface area contributed by atoms with Gasteiger partial charge in [0.2, 0.25) is 0 Å². The Hall–Kier alpha value is -0.880. The molecule has 0 saturated carbocycles. The van der Waals surface area contributed by atoms with Crippen molar-refractivity contribution in [3.05, 3.63) is 18.0 Å². The molecule has 0 aliphatic carbocycles. The Morgan fingerprint density at radius 2 is 2.12 bits per heavy atom. The molecule has 17 heavy (non-hydrogen) atoms. The van der Waals surface area contributed by atoms with Gasteiger partial charge in [-0.25, -0.2) is 8.42 Å². The molecule has 1 N–H and O–H groups in total. The molecule has 6 heteroatoms. The average Bonchev–Trinajstić information content (AvgIpc) is 2.64. The Balaban J connectivity index is 3.00. The topological polar surface area (TPSA) is 72.2 Å². The van der Waals surface area contributed by atoms with E-state index in [4.69, 9.17) is 0 Å². The van der Waals surface area contributed by atoms with Gasteiger partial charge >= 0.3 is 0 Å². The standard InChI is InChI=1S/C11H20N2O3S/c1-5-6-13-8-9(7-12-13)10(14)11(2,3)17(4,15)16/h7-8,10,14H,5-6H2,1-4H3. The van der Waals surface area contributed by atoms with Gasteiger partial charge in [-0.05, 0) is 20.3 Å². The molecule has 98 valence electrons. The van der Waals surface area contributed by atoms with Gasteiger partial charge in [0.15, 0.2) is 9.84 Å². The number of aryl methyl sites for hydroxylation is 1. The number of hydrogen-bond donors (Lipinski definition) is 1. The van der Waals surface area contributed by atoms with E-state index in [9.17, 15) is 13.5 Å². The van der Waals surface area contributed by atoms with Crippen molar-refractivity contribution in [1.82, 2.24) is 9.78 Å². The van der Waals surface area contributed by atoms with Crippen molar-refractivity contribution in [3.63, 3.8) is 0 Å². The van der Waals surface area contributed by atoms with Crippen molar-refractivity contribution in [1.29, 1.82) is 0 Å². The van der Waals surface area contributed by atoms with Gasteiger partial charge in [-0.1, -0.05) is 6.92 Å². The lowest BCUT2D eigenvalue weighted by Gasteiger charge is -2.27. The molecule has 0 aromatic carbocycles. The summed E-state index contributed by atoms with van der Waals surface area (Å²) in [5, 5.41) is 14.2. The minimum absolute atomic E-state index is 0.536. The van der Waals surface area contributed by atoms with Crippen LogP contribution in [0.15, 0.2) is 12.4 Å². The first-order valence-electron chi connectivity index (χ1n) is 5.60. The molecule has 0 fully saturated rings. The molecule has 0 bridgehead atoms. The SMILES string of the molecule is CCCn1cc(C(O)C(C)(C)S(C)(=O)=O)cn1. The lowest BCUT2D eigenvalue weighted by Crippen LogP contribution is -2.37. The number of aliphatic hydroxyl groups is 1. The van der Waals surface area contributed by atoms with Crippen LogP contribution in [0.25, 0.3) is 0 Å². The van der Waals surface area contributed by atoms with Crippen LogP contribution in [-0.2, 0) is 16.4 Å². The summed E-state index contributed by atoms with van der Waals surface area (Å²) in [6.07, 6.45) is 4.22. The minimum atomic E-state index is -3.34. The van der Waals surface area contributed by atoms with Crippen molar-refractivity contribution in [3.8, 4) is 0 Å². The number of rotatable bonds is 5. The highest BCUT2D eigenvalue weighted by molar-refractivity contribution is 7.92. The first-order chi connectivity index (χ1) is 7.70. The molecule has 1 unspecified atom stereocenters. The quantitative estimate of drug-likeness (QED) is 0.862. The molecule has 0 aliphatic rings. The molecular formula is C11H20N2O3S. The molecule has 1 atom stereocenters. The van der Waals surface area contributed by atoms with Crippen LogP contribution in [0.3, 0.4) is 0 Å². The third-order valence-corrected chi connectivity index (χ3v) is 5.17. The Morgan fingerprint density at radius 1 is 1.53 bits per heavy atom. The fourth-order valence-corrected chi connectivity index (χ4v) is 2.02. The molecule has 5 nitrogen and oxygen atoms in total. The van der Waals surface area contributed by atoms with Crippen LogP contribution in [0.2, 0.25) is 0 Å². The zero-order valence-corrected chi connectivity index (χ0v) is 11.5. The van der Waals surface area contributed by atoms with Crippen LogP contribution >= 0.6 is 0 Å². The van der Waals surface area contributed by atoms with Crippen molar-refractivity contribution in [2.75, 3.05) is 6.26 Å². The summed E-state index contributed by atoms with van der Waals surface area (Å²) in [6.45, 7) is 5.82. The highest BCUT2D eigenvalue weighted by Gasteiger charge is 2.39. The molecule has 1 heterocycles. The molecule has 1 aromatic heterocycles. The minimum Gasteiger partial charge on any atom is -0.387 e. The molecule has 0 amide bonds. The number of aliphatic hydroxyl groups excluding tert-OH is 1. The highest BCUT2D eigenvalue weighted by atomic mass is 32.2. The maximum absolute atomic E-state index is 11.6. The van der Waals surface area contributed by atoms with Crippen molar-refractivity contribution >= 4 is 9.84 Å². The largest absolute Gasteiger partial charge is 0.387 e. The fourth-order valence-electron chi connectivity index (χ4n) is 1.48. The van der Waals surface area contributed by atoms with Gasteiger partial charge in [-0.15, -0.1) is 0 Å². The summed E-state index contributed by atoms with van der Waals surface area (Å²) in [5.74, 6) is 0. The van der Waals surface area contributed by atoms with Crippen molar-refractivity contribution in [2.45, 2.75) is 44.6 Å². The summed E-state index contributed by atoms with van der Waals surface area (Å²) in [6, 6.07) is 0. The third-order valence-electron chi connectivity index (χ3n) is 3.04. The Kier molecular flexibility index (Phi) is 3.99. The Labute approximate surface area is 102 Å². The average molecular weight is 260 g/mol. The van der Waals surface area contributed by atoms with Crippen LogP contribution in [-0.4, -0.2) is 34.3 Å². The van der Waals surface area contributed by atoms with E-state index < -0.39 is 20.7 Å². The van der Waals surface area contributed by atoms with Gasteiger partial charge in [-0.3, -0.25) is 4.68 Å². The van der Waals surface area contributed by atoms with Crippen LogP contribution in [0.4, 0.5) is 0 Å². The normalized spacial score (nSPS) is 14.9. The second-order valence-corrected chi connectivity index (χ2v) is 7.41. The maximum atomic E-state index is 11.6. The molecule has 0 spiro atoms. The molecule has 1 aromatic rings. The molecule has 0 radical (unpaired) electrons. The zero-order valence-electron chi connectivity index (χ0n) is 10.7. The number of nitrogens with zero attached hydrogens (tertiary/aromatic N) is 2. The van der Waals surface area contributed by atoms with E-state index >= 15 is 0 Å². The Bertz CT molecular complexity index is 477. The van der Waals surface area contributed by atoms with Gasteiger partial charge in [0.1, 0.15) is 6.10 Å². The first kappa shape index (κ1) is 14.2. The van der Waals surface area contributed by atoms with Crippen LogP contribution in [0, 0.1) is 0 Å². The Morgan fingerprint density at radius 3 is 2.59 bits per heavy atom. The van der Waals surface area contributed by atoms with E-state index in [1.165, 1.54) is 20.0 Å². The van der Waals surface area contributed by atoms with Crippen LogP contribution < -0.4 is 0 Å². The van der Waals surface area contributed by atoms with E-state index in [0.717, 1.165) is 19.2 Å². The van der Waals surface area contributed by atoms with Crippen LogP contribution in [0.1, 0.15) is 38.9 Å². The predicted molar refractivity (Wildman–Crippen MR) is 66.4 cm³/mol. The summed E-state index contributed by atoms with van der Waals surface area (Å²) < 4.78 is 23.7. The summed E-state index contributed by atoms with van der Waals surface area (Å²) >= 11 is 0. The second kappa shape index (κ2) is 4.78. The van der Waals surface area contributed by atoms with Crippen LogP contribution in [0.5, 0.6) is 0 Å². The van der Waals surface area contributed by atoms with Gasteiger partial charge < -0.3 is 5.11 Å². The zero-order chi connectivity index (χ0) is 13.3. The monoisotopic (exact) mass is 260 g/mol. The smallest absolute Gasteiger partial charge is 0.155 e. The molecular weight excluding hydrogens is 240 g/mol. The van der Waals surface area contributed by atoms with Gasteiger partial charge in [0.25, 0.3) is 0 Å². The summed E-state index contributed by atoms with van der Waals surface area (Å²) in [7, 11) is -3.34. The number of hydrogen-bond acceptors (Lipinski definition) is 4. The first-order valence-corrected chi connectivity index (χ1v) is 7.49. The van der Waals surface area contributed by atoms with E-state index in [2.05, 4.69) is 5.10 Å².